The Morgan fingerprint density at radius 1 is 0.474 bits per heavy atom. The van der Waals surface area contributed by atoms with Gasteiger partial charge in [-0.3, -0.25) is 0 Å². The van der Waals surface area contributed by atoms with E-state index in [1.54, 1.807) is 12.1 Å². The highest BCUT2D eigenvalue weighted by molar-refractivity contribution is 5.51. The quantitative estimate of drug-likeness (QED) is 0.0868. The summed E-state index contributed by atoms with van der Waals surface area (Å²) in [5.41, 5.74) is 6.43. The molecule has 1 aromatic carbocycles. The van der Waals surface area contributed by atoms with Gasteiger partial charge >= 0.3 is 0 Å². The minimum absolute atomic E-state index is 0.441. The fourth-order valence-corrected chi connectivity index (χ4v) is 2.75. The van der Waals surface area contributed by atoms with Gasteiger partial charge in [0, 0.05) is 0 Å². The Kier molecular flexibility index (Phi) is 25.4. The fourth-order valence-electron chi connectivity index (χ4n) is 2.75. The number of hydrogen-bond acceptors (Lipinski definition) is 11. The van der Waals surface area contributed by atoms with Crippen LogP contribution in [0, 0.1) is 0 Å². The summed E-state index contributed by atoms with van der Waals surface area (Å²) in [6.45, 7) is 13.4. The van der Waals surface area contributed by atoms with Crippen LogP contribution >= 0.6 is 0 Å². The molecule has 0 spiro atoms. The molecular formula is C27H47NO10. The van der Waals surface area contributed by atoms with Gasteiger partial charge in [-0.15, -0.1) is 6.58 Å². The molecule has 1 rings (SSSR count). The van der Waals surface area contributed by atoms with Crippen molar-refractivity contribution >= 4 is 5.69 Å². The molecule has 0 radical (unpaired) electrons. The van der Waals surface area contributed by atoms with Gasteiger partial charge in [-0.05, 0) is 12.1 Å². The number of anilines is 1. The number of benzene rings is 1. The average Bonchev–Trinajstić information content (AvgIpc) is 2.93. The van der Waals surface area contributed by atoms with Crippen molar-refractivity contribution in [2.24, 2.45) is 0 Å². The summed E-state index contributed by atoms with van der Waals surface area (Å²) in [5.74, 6) is 0.671. The van der Waals surface area contributed by atoms with Crippen LogP contribution in [-0.2, 0) is 42.6 Å². The van der Waals surface area contributed by atoms with Gasteiger partial charge in [0.05, 0.1) is 125 Å². The second kappa shape index (κ2) is 28.2. The van der Waals surface area contributed by atoms with E-state index in [1.807, 2.05) is 18.2 Å². The molecule has 0 aliphatic carbocycles. The zero-order valence-corrected chi connectivity index (χ0v) is 22.7. The lowest BCUT2D eigenvalue weighted by molar-refractivity contribution is -0.0250. The van der Waals surface area contributed by atoms with E-state index >= 15 is 0 Å². The summed E-state index contributed by atoms with van der Waals surface area (Å²) in [6.07, 6.45) is 1.71. The number of rotatable bonds is 30. The number of hydrogen-bond donors (Lipinski definition) is 1. The molecule has 2 N–H and O–H groups in total. The molecule has 0 atom stereocenters. The highest BCUT2D eigenvalue weighted by atomic mass is 16.6. The summed E-state index contributed by atoms with van der Waals surface area (Å²) in [7, 11) is 0. The van der Waals surface area contributed by atoms with Crippen LogP contribution in [0.3, 0.4) is 0 Å². The van der Waals surface area contributed by atoms with E-state index in [0.29, 0.717) is 137 Å². The second-order valence-electron chi connectivity index (χ2n) is 7.65. The van der Waals surface area contributed by atoms with Crippen LogP contribution in [0.25, 0.3) is 0 Å². The first-order valence-corrected chi connectivity index (χ1v) is 13.1. The van der Waals surface area contributed by atoms with Crippen molar-refractivity contribution in [3.63, 3.8) is 0 Å². The Morgan fingerprint density at radius 2 is 0.789 bits per heavy atom. The van der Waals surface area contributed by atoms with Gasteiger partial charge in [-0.25, -0.2) is 0 Å². The SMILES string of the molecule is C=CCOCCOCCOCCOCCOCCOCCOCCOCCOCCOc1ccccc1N. The zero-order chi connectivity index (χ0) is 27.2. The molecule has 220 valence electrons. The van der Waals surface area contributed by atoms with Crippen molar-refractivity contribution in [2.75, 3.05) is 131 Å². The van der Waals surface area contributed by atoms with Gasteiger partial charge < -0.3 is 53.1 Å². The van der Waals surface area contributed by atoms with Crippen LogP contribution in [0.2, 0.25) is 0 Å². The molecule has 0 saturated heterocycles. The summed E-state index contributed by atoms with van der Waals surface area (Å²) in [5, 5.41) is 0. The van der Waals surface area contributed by atoms with Crippen molar-refractivity contribution in [1.82, 2.24) is 0 Å². The molecule has 38 heavy (non-hydrogen) atoms. The average molecular weight is 546 g/mol. The van der Waals surface area contributed by atoms with Crippen molar-refractivity contribution in [1.29, 1.82) is 0 Å². The molecule has 0 aliphatic rings. The van der Waals surface area contributed by atoms with E-state index in [9.17, 15) is 0 Å². The maximum Gasteiger partial charge on any atom is 0.142 e. The number of nitrogens with two attached hydrogens (primary N) is 1. The highest BCUT2D eigenvalue weighted by Gasteiger charge is 1.98. The van der Waals surface area contributed by atoms with E-state index in [-0.39, 0.29) is 0 Å². The highest BCUT2D eigenvalue weighted by Crippen LogP contribution is 2.19. The predicted octanol–water partition coefficient (Wildman–Crippen LogP) is 1.98. The minimum atomic E-state index is 0.441. The lowest BCUT2D eigenvalue weighted by Gasteiger charge is -2.09. The monoisotopic (exact) mass is 545 g/mol. The zero-order valence-electron chi connectivity index (χ0n) is 22.7. The summed E-state index contributed by atoms with van der Waals surface area (Å²) in [4.78, 5) is 0. The molecular weight excluding hydrogens is 498 g/mol. The van der Waals surface area contributed by atoms with Crippen molar-refractivity contribution in [2.45, 2.75) is 0 Å². The van der Waals surface area contributed by atoms with E-state index in [4.69, 9.17) is 53.1 Å². The summed E-state index contributed by atoms with van der Waals surface area (Å²) >= 11 is 0. The van der Waals surface area contributed by atoms with E-state index < -0.39 is 0 Å². The van der Waals surface area contributed by atoms with Crippen LogP contribution in [0.4, 0.5) is 5.69 Å². The van der Waals surface area contributed by atoms with Gasteiger partial charge in [-0.1, -0.05) is 18.2 Å². The third-order valence-electron chi connectivity index (χ3n) is 4.62. The van der Waals surface area contributed by atoms with Crippen molar-refractivity contribution in [3.8, 4) is 5.75 Å². The Balaban J connectivity index is 1.65. The fraction of sp³-hybridized carbons (Fsp3) is 0.704. The lowest BCUT2D eigenvalue weighted by Crippen LogP contribution is -2.15. The van der Waals surface area contributed by atoms with Gasteiger partial charge in [0.2, 0.25) is 0 Å². The summed E-state index contributed by atoms with van der Waals surface area (Å²) in [6, 6.07) is 7.38. The van der Waals surface area contributed by atoms with Crippen LogP contribution in [0.5, 0.6) is 5.75 Å². The second-order valence-corrected chi connectivity index (χ2v) is 7.65. The van der Waals surface area contributed by atoms with Gasteiger partial charge in [0.25, 0.3) is 0 Å². The van der Waals surface area contributed by atoms with Crippen LogP contribution < -0.4 is 10.5 Å². The van der Waals surface area contributed by atoms with Gasteiger partial charge in [0.15, 0.2) is 0 Å². The molecule has 0 amide bonds. The first kappa shape index (κ1) is 34.2. The van der Waals surface area contributed by atoms with Gasteiger partial charge in [-0.2, -0.15) is 0 Å². The standard InChI is InChI=1S/C27H47NO10/c1-2-7-29-8-9-30-10-11-31-12-13-32-14-15-33-16-17-34-18-19-35-20-21-36-22-23-37-24-25-38-27-6-4-3-5-26(27)28/h2-6H,1,7-25,28H2. The Labute approximate surface area is 227 Å². The van der Waals surface area contributed by atoms with E-state index in [2.05, 4.69) is 6.58 Å². The number of ether oxygens (including phenoxy) is 10. The van der Waals surface area contributed by atoms with Crippen LogP contribution in [0.15, 0.2) is 36.9 Å². The maximum absolute atomic E-state index is 5.81. The van der Waals surface area contributed by atoms with Crippen LogP contribution in [0.1, 0.15) is 0 Å². The van der Waals surface area contributed by atoms with E-state index in [1.165, 1.54) is 0 Å². The molecule has 0 heterocycles. The molecule has 11 heteroatoms. The molecule has 0 aliphatic heterocycles. The topological polar surface area (TPSA) is 118 Å². The molecule has 0 bridgehead atoms. The first-order valence-electron chi connectivity index (χ1n) is 13.1. The van der Waals surface area contributed by atoms with Crippen molar-refractivity contribution in [3.05, 3.63) is 36.9 Å². The van der Waals surface area contributed by atoms with Crippen molar-refractivity contribution < 1.29 is 47.4 Å². The Morgan fingerprint density at radius 3 is 1.13 bits per heavy atom. The van der Waals surface area contributed by atoms with Crippen LogP contribution in [-0.4, -0.2) is 126 Å². The minimum Gasteiger partial charge on any atom is -0.489 e. The van der Waals surface area contributed by atoms with Gasteiger partial charge in [0.1, 0.15) is 12.4 Å². The number of nitrogen functional groups attached to an aromatic ring is 1. The first-order chi connectivity index (χ1) is 18.8. The summed E-state index contributed by atoms with van der Waals surface area (Å²) < 4.78 is 54.3. The third-order valence-corrected chi connectivity index (χ3v) is 4.62. The Hall–Kier alpha value is -1.80. The maximum atomic E-state index is 5.81. The smallest absolute Gasteiger partial charge is 0.142 e. The lowest BCUT2D eigenvalue weighted by atomic mass is 10.3. The normalized spacial score (nSPS) is 11.2. The molecule has 0 saturated carbocycles. The predicted molar refractivity (Wildman–Crippen MR) is 144 cm³/mol. The third kappa shape index (κ3) is 23.3. The molecule has 0 unspecified atom stereocenters. The molecule has 1 aromatic rings. The number of para-hydroxylation sites is 2. The van der Waals surface area contributed by atoms with E-state index in [0.717, 1.165) is 0 Å². The Bertz CT molecular complexity index is 638. The molecule has 0 fully saturated rings. The molecule has 11 nitrogen and oxygen atoms in total. The largest absolute Gasteiger partial charge is 0.489 e. The molecule has 0 aromatic heterocycles.